The number of hydrogen-bond donors (Lipinski definition) is 2. The van der Waals surface area contributed by atoms with Gasteiger partial charge in [0, 0.05) is 0 Å². The van der Waals surface area contributed by atoms with Crippen molar-refractivity contribution in [3.8, 4) is 0 Å². The van der Waals surface area contributed by atoms with Gasteiger partial charge in [-0.2, -0.15) is 0 Å². The third kappa shape index (κ3) is 4.02. The monoisotopic (exact) mass is 373 g/mol. The topological polar surface area (TPSA) is 109 Å². The van der Waals surface area contributed by atoms with Crippen molar-refractivity contribution in [2.45, 2.75) is 0 Å². The number of nitrogens with zero attached hydrogens (tertiary/aromatic N) is 2. The summed E-state index contributed by atoms with van der Waals surface area (Å²) in [6.07, 6.45) is 1.28. The zero-order valence-electron chi connectivity index (χ0n) is 7.52. The molecule has 0 atom stereocenters. The normalized spacial score (nSPS) is 11.1. The van der Waals surface area contributed by atoms with Crippen LogP contribution in [0.1, 0.15) is 0 Å². The number of rotatable bonds is 4. The first-order valence-electron chi connectivity index (χ1n) is 3.70. The summed E-state index contributed by atoms with van der Waals surface area (Å²) in [5.74, 6) is -2.55. The summed E-state index contributed by atoms with van der Waals surface area (Å²) < 4.78 is 25.1. The minimum atomic E-state index is -3.97. The molecule has 0 unspecified atom stereocenters. The van der Waals surface area contributed by atoms with Crippen LogP contribution in [-0.2, 0) is 14.8 Å². The van der Waals surface area contributed by atoms with Gasteiger partial charge < -0.3 is 5.11 Å². The van der Waals surface area contributed by atoms with Crippen molar-refractivity contribution >= 4 is 53.7 Å². The first kappa shape index (κ1) is 13.3. The van der Waals surface area contributed by atoms with Gasteiger partial charge in [0.25, 0.3) is 0 Å². The van der Waals surface area contributed by atoms with Crippen LogP contribution in [0.5, 0.6) is 0 Å². The molecule has 1 aromatic rings. The maximum Gasteiger partial charge on any atom is 0.320 e. The second kappa shape index (κ2) is 5.06. The first-order valence-corrected chi connectivity index (χ1v) is 6.94. The highest BCUT2D eigenvalue weighted by atomic mass is 79.9. The summed E-state index contributed by atoms with van der Waals surface area (Å²) in [6.45, 7) is 0. The van der Waals surface area contributed by atoms with E-state index in [1.54, 1.807) is 0 Å². The molecule has 7 nitrogen and oxygen atoms in total. The first-order chi connectivity index (χ1) is 7.30. The third-order valence-electron chi connectivity index (χ3n) is 1.27. The van der Waals surface area contributed by atoms with E-state index < -0.39 is 21.7 Å². The quantitative estimate of drug-likeness (QED) is 0.807. The van der Waals surface area contributed by atoms with Gasteiger partial charge in [-0.3, -0.25) is 9.52 Å². The summed E-state index contributed by atoms with van der Waals surface area (Å²) in [6, 6.07) is 0. The molecule has 0 aliphatic heterocycles. The van der Waals surface area contributed by atoms with E-state index in [1.807, 2.05) is 4.72 Å². The van der Waals surface area contributed by atoms with E-state index in [2.05, 4.69) is 41.8 Å². The molecule has 1 aromatic heterocycles. The summed E-state index contributed by atoms with van der Waals surface area (Å²) in [4.78, 5) is 17.8. The number of nitrogens with one attached hydrogen (secondary N) is 1. The summed E-state index contributed by atoms with van der Waals surface area (Å²) >= 11 is 6.03. The van der Waals surface area contributed by atoms with Gasteiger partial charge in [0.2, 0.25) is 10.0 Å². The number of carboxylic acid groups (broad SMARTS) is 1. The molecule has 88 valence electrons. The van der Waals surface area contributed by atoms with E-state index in [0.717, 1.165) is 0 Å². The molecular formula is C6H5Br2N3O4S. The molecule has 16 heavy (non-hydrogen) atoms. The molecule has 0 saturated carbocycles. The molecule has 1 heterocycles. The van der Waals surface area contributed by atoms with Gasteiger partial charge in [-0.1, -0.05) is 0 Å². The number of hydrogen-bond acceptors (Lipinski definition) is 5. The molecule has 0 amide bonds. The number of aliphatic carboxylic acids is 1. The molecule has 0 spiro atoms. The van der Waals surface area contributed by atoms with E-state index in [-0.39, 0.29) is 10.4 Å². The fraction of sp³-hybridized carbons (Fsp3) is 0.167. The van der Waals surface area contributed by atoms with Gasteiger partial charge in [0.1, 0.15) is 4.60 Å². The van der Waals surface area contributed by atoms with E-state index >= 15 is 0 Å². The van der Waals surface area contributed by atoms with Crippen molar-refractivity contribution in [3.05, 3.63) is 15.4 Å². The molecule has 0 aromatic carbocycles. The number of carboxylic acids is 1. The lowest BCUT2D eigenvalue weighted by molar-refractivity contribution is -0.134. The maximum absolute atomic E-state index is 11.3. The Bertz CT molecular complexity index is 519. The van der Waals surface area contributed by atoms with Crippen LogP contribution in [0.25, 0.3) is 0 Å². The van der Waals surface area contributed by atoms with Crippen molar-refractivity contribution in [3.63, 3.8) is 0 Å². The van der Waals surface area contributed by atoms with E-state index in [0.29, 0.717) is 4.60 Å². The average Bonchev–Trinajstić information content (AvgIpc) is 2.07. The Morgan fingerprint density at radius 1 is 1.50 bits per heavy atom. The van der Waals surface area contributed by atoms with Crippen LogP contribution in [0.4, 0.5) is 5.82 Å². The number of aromatic nitrogens is 2. The van der Waals surface area contributed by atoms with Crippen LogP contribution in [0.3, 0.4) is 0 Å². The number of carbonyl (C=O) groups is 1. The summed E-state index contributed by atoms with van der Waals surface area (Å²) in [5, 5.41) is 8.37. The van der Waals surface area contributed by atoms with Crippen LogP contribution in [0.2, 0.25) is 0 Å². The minimum absolute atomic E-state index is 0.0653. The molecular weight excluding hydrogens is 370 g/mol. The van der Waals surface area contributed by atoms with Crippen LogP contribution in [-0.4, -0.2) is 35.2 Å². The van der Waals surface area contributed by atoms with Crippen molar-refractivity contribution in [2.24, 2.45) is 0 Å². The molecule has 2 N–H and O–H groups in total. The zero-order chi connectivity index (χ0) is 12.3. The standard InChI is InChI=1S/C6H5Br2N3O4S/c7-3-1-9-6(5(8)10-3)11-16(14,15)2-4(12)13/h1H,2H2,(H,9,11)(H,12,13). The number of anilines is 1. The van der Waals surface area contributed by atoms with E-state index in [4.69, 9.17) is 5.11 Å². The lowest BCUT2D eigenvalue weighted by atomic mass is 10.7. The SMILES string of the molecule is O=C(O)CS(=O)(=O)Nc1ncc(Br)nc1Br. The Balaban J connectivity index is 2.92. The fourth-order valence-corrected chi connectivity index (χ4v) is 2.64. The lowest BCUT2D eigenvalue weighted by Crippen LogP contribution is -2.23. The Morgan fingerprint density at radius 3 is 2.62 bits per heavy atom. The van der Waals surface area contributed by atoms with Crippen LogP contribution in [0.15, 0.2) is 15.4 Å². The molecule has 0 fully saturated rings. The molecule has 0 bridgehead atoms. The average molecular weight is 375 g/mol. The second-order valence-electron chi connectivity index (χ2n) is 2.59. The Morgan fingerprint density at radius 2 is 2.12 bits per heavy atom. The molecule has 1 rings (SSSR count). The van der Waals surface area contributed by atoms with Crippen molar-refractivity contribution in [2.75, 3.05) is 10.5 Å². The Kier molecular flexibility index (Phi) is 4.21. The second-order valence-corrected chi connectivity index (χ2v) is 5.87. The lowest BCUT2D eigenvalue weighted by Gasteiger charge is -2.06. The van der Waals surface area contributed by atoms with Gasteiger partial charge in [0.15, 0.2) is 16.2 Å². The van der Waals surface area contributed by atoms with Gasteiger partial charge in [-0.15, -0.1) is 0 Å². The molecule has 0 aliphatic carbocycles. The number of halogens is 2. The highest BCUT2D eigenvalue weighted by Crippen LogP contribution is 2.20. The van der Waals surface area contributed by atoms with Gasteiger partial charge in [0.05, 0.1) is 6.20 Å². The Hall–Kier alpha value is -0.740. The smallest absolute Gasteiger partial charge is 0.320 e. The number of sulfonamides is 1. The predicted molar refractivity (Wildman–Crippen MR) is 62.5 cm³/mol. The molecule has 0 radical (unpaired) electrons. The minimum Gasteiger partial charge on any atom is -0.480 e. The highest BCUT2D eigenvalue weighted by Gasteiger charge is 2.18. The third-order valence-corrected chi connectivity index (χ3v) is 3.33. The van der Waals surface area contributed by atoms with Crippen LogP contribution in [0, 0.1) is 0 Å². The van der Waals surface area contributed by atoms with E-state index in [1.165, 1.54) is 6.20 Å². The van der Waals surface area contributed by atoms with E-state index in [9.17, 15) is 13.2 Å². The fourth-order valence-electron chi connectivity index (χ4n) is 0.761. The van der Waals surface area contributed by atoms with Gasteiger partial charge in [-0.05, 0) is 31.9 Å². The molecule has 0 saturated heterocycles. The van der Waals surface area contributed by atoms with Crippen molar-refractivity contribution in [1.82, 2.24) is 9.97 Å². The van der Waals surface area contributed by atoms with Crippen molar-refractivity contribution < 1.29 is 18.3 Å². The maximum atomic E-state index is 11.3. The highest BCUT2D eigenvalue weighted by molar-refractivity contribution is 9.11. The molecule has 0 aliphatic rings. The van der Waals surface area contributed by atoms with Crippen LogP contribution >= 0.6 is 31.9 Å². The Labute approximate surface area is 108 Å². The molecule has 10 heteroatoms. The summed E-state index contributed by atoms with van der Waals surface area (Å²) in [7, 11) is -3.97. The van der Waals surface area contributed by atoms with Crippen molar-refractivity contribution in [1.29, 1.82) is 0 Å². The van der Waals surface area contributed by atoms with Gasteiger partial charge >= 0.3 is 5.97 Å². The van der Waals surface area contributed by atoms with Crippen LogP contribution < -0.4 is 4.72 Å². The summed E-state index contributed by atoms with van der Waals surface area (Å²) in [5.41, 5.74) is 0. The predicted octanol–water partition coefficient (Wildman–Crippen LogP) is 0.828. The largest absolute Gasteiger partial charge is 0.480 e. The van der Waals surface area contributed by atoms with Gasteiger partial charge in [-0.25, -0.2) is 18.4 Å². The zero-order valence-corrected chi connectivity index (χ0v) is 11.5.